The third kappa shape index (κ3) is 5.56. The molecule has 0 aromatic heterocycles. The number of hydrogen-bond acceptors (Lipinski definition) is 3. The van der Waals surface area contributed by atoms with Crippen molar-refractivity contribution in [3.8, 4) is 0 Å². The first-order valence-electron chi connectivity index (χ1n) is 10.7. The number of benzene rings is 3. The fourth-order valence-electron chi connectivity index (χ4n) is 3.75. The smallest absolute Gasteiger partial charge is 0.244 e. The number of sulfonamides is 1. The first kappa shape index (κ1) is 23.5. The Hall–Kier alpha value is -3.12. The van der Waals surface area contributed by atoms with Gasteiger partial charge in [0.05, 0.1) is 18.0 Å². The topological polar surface area (TPSA) is 66.5 Å². The molecule has 0 bridgehead atoms. The lowest BCUT2D eigenvalue weighted by atomic mass is 9.97. The molecule has 6 heteroatoms. The van der Waals surface area contributed by atoms with Crippen molar-refractivity contribution in [1.82, 2.24) is 5.32 Å². The first-order valence-corrected chi connectivity index (χ1v) is 12.5. The van der Waals surface area contributed by atoms with E-state index in [2.05, 4.69) is 5.32 Å². The Balaban J connectivity index is 1.98. The van der Waals surface area contributed by atoms with E-state index in [1.54, 1.807) is 12.1 Å². The lowest BCUT2D eigenvalue weighted by molar-refractivity contribution is -0.122. The monoisotopic (exact) mass is 450 g/mol. The molecule has 0 radical (unpaired) electrons. The molecule has 32 heavy (non-hydrogen) atoms. The van der Waals surface area contributed by atoms with E-state index in [4.69, 9.17) is 0 Å². The van der Waals surface area contributed by atoms with Crippen molar-refractivity contribution in [2.45, 2.75) is 39.3 Å². The molecule has 1 amide bonds. The minimum Gasteiger partial charge on any atom is -0.343 e. The van der Waals surface area contributed by atoms with Gasteiger partial charge in [0.2, 0.25) is 15.9 Å². The van der Waals surface area contributed by atoms with E-state index in [1.165, 1.54) is 4.31 Å². The Bertz CT molecular complexity index is 1140. The molecule has 1 N–H and O–H groups in total. The quantitative estimate of drug-likeness (QED) is 0.538. The number of nitrogens with one attached hydrogen (secondary N) is 1. The van der Waals surface area contributed by atoms with E-state index < -0.39 is 22.1 Å². The maximum absolute atomic E-state index is 13.5. The molecule has 0 spiro atoms. The highest BCUT2D eigenvalue weighted by atomic mass is 32.2. The van der Waals surface area contributed by atoms with Gasteiger partial charge in [0, 0.05) is 0 Å². The lowest BCUT2D eigenvalue weighted by Crippen LogP contribution is -2.50. The van der Waals surface area contributed by atoms with Crippen LogP contribution in [0.15, 0.2) is 78.9 Å². The van der Waals surface area contributed by atoms with Crippen molar-refractivity contribution in [3.63, 3.8) is 0 Å². The van der Waals surface area contributed by atoms with Gasteiger partial charge in [-0.2, -0.15) is 0 Å². The Morgan fingerprint density at radius 3 is 1.84 bits per heavy atom. The summed E-state index contributed by atoms with van der Waals surface area (Å²) in [5.74, 6) is -0.340. The summed E-state index contributed by atoms with van der Waals surface area (Å²) in [6.45, 7) is 5.77. The van der Waals surface area contributed by atoms with Crippen LogP contribution in [0.5, 0.6) is 0 Å². The van der Waals surface area contributed by atoms with Gasteiger partial charge in [0.25, 0.3) is 0 Å². The first-order chi connectivity index (χ1) is 15.2. The van der Waals surface area contributed by atoms with Crippen LogP contribution in [-0.4, -0.2) is 26.6 Å². The molecule has 0 fully saturated rings. The van der Waals surface area contributed by atoms with Crippen LogP contribution >= 0.6 is 0 Å². The summed E-state index contributed by atoms with van der Waals surface area (Å²) in [7, 11) is -3.69. The maximum atomic E-state index is 13.5. The van der Waals surface area contributed by atoms with Crippen LogP contribution in [0.25, 0.3) is 0 Å². The molecule has 0 aliphatic rings. The molecule has 0 aliphatic carbocycles. The molecule has 3 aromatic rings. The Labute approximate surface area is 191 Å². The normalized spacial score (nSPS) is 13.2. The number of carbonyl (C=O) groups is 1. The summed E-state index contributed by atoms with van der Waals surface area (Å²) < 4.78 is 26.7. The highest BCUT2D eigenvalue weighted by Crippen LogP contribution is 2.26. The molecular formula is C26H30N2O3S. The summed E-state index contributed by atoms with van der Waals surface area (Å²) in [4.78, 5) is 13.5. The summed E-state index contributed by atoms with van der Waals surface area (Å²) in [5.41, 5.74) is 4.49. The molecule has 0 heterocycles. The van der Waals surface area contributed by atoms with Crippen molar-refractivity contribution in [2.24, 2.45) is 0 Å². The largest absolute Gasteiger partial charge is 0.343 e. The van der Waals surface area contributed by atoms with Gasteiger partial charge in [0.15, 0.2) is 0 Å². The second-order valence-corrected chi connectivity index (χ2v) is 9.94. The third-order valence-electron chi connectivity index (χ3n) is 5.45. The van der Waals surface area contributed by atoms with Crippen LogP contribution in [-0.2, 0) is 14.8 Å². The second-order valence-electron chi connectivity index (χ2n) is 8.08. The number of aryl methyl sites for hydroxylation is 2. The number of nitrogens with zero attached hydrogens (tertiary/aromatic N) is 1. The maximum Gasteiger partial charge on any atom is 0.244 e. The predicted octanol–water partition coefficient (Wildman–Crippen LogP) is 4.75. The van der Waals surface area contributed by atoms with Crippen molar-refractivity contribution in [3.05, 3.63) is 101 Å². The summed E-state index contributed by atoms with van der Waals surface area (Å²) in [6, 6.07) is 23.6. The number of rotatable bonds is 8. The van der Waals surface area contributed by atoms with Gasteiger partial charge in [-0.05, 0) is 43.5 Å². The van der Waals surface area contributed by atoms with Gasteiger partial charge in [-0.1, -0.05) is 84.8 Å². The molecule has 0 saturated carbocycles. The van der Waals surface area contributed by atoms with E-state index in [9.17, 15) is 13.2 Å². The van der Waals surface area contributed by atoms with Crippen LogP contribution in [0.4, 0.5) is 5.69 Å². The molecule has 3 rings (SSSR count). The zero-order valence-electron chi connectivity index (χ0n) is 18.9. The molecular weight excluding hydrogens is 420 g/mol. The average molecular weight is 451 g/mol. The average Bonchev–Trinajstić information content (AvgIpc) is 2.77. The fraction of sp³-hybridized carbons (Fsp3) is 0.269. The van der Waals surface area contributed by atoms with Gasteiger partial charge >= 0.3 is 0 Å². The van der Waals surface area contributed by atoms with E-state index in [0.29, 0.717) is 12.1 Å². The molecule has 0 saturated heterocycles. The van der Waals surface area contributed by atoms with Crippen LogP contribution < -0.4 is 9.62 Å². The third-order valence-corrected chi connectivity index (χ3v) is 6.63. The van der Waals surface area contributed by atoms with Crippen LogP contribution in [0.3, 0.4) is 0 Å². The molecule has 2 atom stereocenters. The summed E-state index contributed by atoms with van der Waals surface area (Å²) in [5, 5.41) is 3.11. The highest BCUT2D eigenvalue weighted by molar-refractivity contribution is 7.92. The zero-order valence-corrected chi connectivity index (χ0v) is 19.8. The Kier molecular flexibility index (Phi) is 7.36. The molecule has 0 aliphatic heterocycles. The SMILES string of the molecule is CC[C@@H](C(=O)N[C@@H](c1ccccc1)c1ccc(C)cc1)N(c1ccc(C)cc1)S(C)(=O)=O. The molecule has 5 nitrogen and oxygen atoms in total. The fourth-order valence-corrected chi connectivity index (χ4v) is 4.97. The van der Waals surface area contributed by atoms with Crippen LogP contribution in [0.2, 0.25) is 0 Å². The van der Waals surface area contributed by atoms with Crippen molar-refractivity contribution < 1.29 is 13.2 Å². The number of anilines is 1. The van der Waals surface area contributed by atoms with Crippen LogP contribution in [0, 0.1) is 13.8 Å². The lowest BCUT2D eigenvalue weighted by Gasteiger charge is -2.32. The predicted molar refractivity (Wildman–Crippen MR) is 130 cm³/mol. The van der Waals surface area contributed by atoms with E-state index >= 15 is 0 Å². The van der Waals surface area contributed by atoms with Crippen molar-refractivity contribution >= 4 is 21.6 Å². The van der Waals surface area contributed by atoms with Gasteiger partial charge in [0.1, 0.15) is 6.04 Å². The number of hydrogen-bond donors (Lipinski definition) is 1. The highest BCUT2D eigenvalue weighted by Gasteiger charge is 2.33. The van der Waals surface area contributed by atoms with Gasteiger partial charge < -0.3 is 5.32 Å². The summed E-state index contributed by atoms with van der Waals surface area (Å²) in [6.07, 6.45) is 1.47. The minimum atomic E-state index is -3.69. The van der Waals surface area contributed by atoms with E-state index in [1.807, 2.05) is 87.5 Å². The molecule has 0 unspecified atom stereocenters. The van der Waals surface area contributed by atoms with E-state index in [0.717, 1.165) is 28.5 Å². The number of amides is 1. The van der Waals surface area contributed by atoms with Crippen molar-refractivity contribution in [2.75, 3.05) is 10.6 Å². The van der Waals surface area contributed by atoms with Gasteiger partial charge in [-0.25, -0.2) is 8.42 Å². The van der Waals surface area contributed by atoms with Crippen molar-refractivity contribution in [1.29, 1.82) is 0 Å². The van der Waals surface area contributed by atoms with E-state index in [-0.39, 0.29) is 5.91 Å². The second kappa shape index (κ2) is 10.0. The zero-order chi connectivity index (χ0) is 23.3. The molecule has 168 valence electrons. The number of carbonyl (C=O) groups excluding carboxylic acids is 1. The standard InChI is InChI=1S/C26H30N2O3S/c1-5-24(28(32(4,30)31)23-17-13-20(3)14-18-23)26(29)27-25(21-9-7-6-8-10-21)22-15-11-19(2)12-16-22/h6-18,24-25H,5H2,1-4H3,(H,27,29)/t24-,25-/m0/s1. The Morgan fingerprint density at radius 1 is 0.844 bits per heavy atom. The van der Waals surface area contributed by atoms with Crippen LogP contribution in [0.1, 0.15) is 41.6 Å². The van der Waals surface area contributed by atoms with Gasteiger partial charge in [-0.3, -0.25) is 9.10 Å². The van der Waals surface area contributed by atoms with Gasteiger partial charge in [-0.15, -0.1) is 0 Å². The summed E-state index contributed by atoms with van der Waals surface area (Å²) >= 11 is 0. The minimum absolute atomic E-state index is 0.336. The molecule has 3 aromatic carbocycles. The Morgan fingerprint density at radius 2 is 1.34 bits per heavy atom.